The predicted octanol–water partition coefficient (Wildman–Crippen LogP) is 7.44. The molecule has 0 aliphatic heterocycles. The second-order valence-corrected chi connectivity index (χ2v) is 8.77. The van der Waals surface area contributed by atoms with Crippen molar-refractivity contribution in [3.8, 4) is 0 Å². The molecule has 0 bridgehead atoms. The number of hydrogen-bond donors (Lipinski definition) is 1. The first-order valence-corrected chi connectivity index (χ1v) is 12.1. The first-order chi connectivity index (χ1) is 12.6. The maximum atomic E-state index is 10.5. The summed E-state index contributed by atoms with van der Waals surface area (Å²) in [7, 11) is 2.29. The maximum absolute atomic E-state index is 10.5. The molecule has 2 heteroatoms. The molecule has 0 amide bonds. The minimum atomic E-state index is -0.177. The normalized spacial score (nSPS) is 13.3. The Bertz CT molecular complexity index is 259. The third-order valence-electron chi connectivity index (χ3n) is 6.13. The lowest BCUT2D eigenvalue weighted by atomic mass is 10.1. The lowest BCUT2D eigenvalue weighted by molar-refractivity contribution is -0.954. The highest BCUT2D eigenvalue weighted by atomic mass is 16.3. The zero-order valence-corrected chi connectivity index (χ0v) is 18.9. The van der Waals surface area contributed by atoms with Crippen molar-refractivity contribution in [2.24, 2.45) is 0 Å². The molecule has 0 fully saturated rings. The van der Waals surface area contributed by atoms with E-state index in [1.54, 1.807) is 0 Å². The molecule has 26 heavy (non-hydrogen) atoms. The standard InChI is InChI=1S/C24H52NO/c1-5-8-10-12-14-16-18-20-22-25(4,24(26)7-3)23-21-19-17-15-13-11-9-6-2/h24,26H,5-23H2,1-4H3/q+1. The highest BCUT2D eigenvalue weighted by molar-refractivity contribution is 4.51. The Kier molecular flexibility index (Phi) is 18.2. The fourth-order valence-electron chi connectivity index (χ4n) is 4.06. The summed E-state index contributed by atoms with van der Waals surface area (Å²) in [6.07, 6.45) is 22.6. The van der Waals surface area contributed by atoms with Crippen LogP contribution in [0.3, 0.4) is 0 Å². The number of aliphatic hydroxyl groups excluding tert-OH is 1. The van der Waals surface area contributed by atoms with E-state index in [0.717, 1.165) is 24.0 Å². The molecule has 0 aliphatic carbocycles. The van der Waals surface area contributed by atoms with Crippen molar-refractivity contribution < 1.29 is 9.59 Å². The molecule has 0 saturated carbocycles. The van der Waals surface area contributed by atoms with Crippen LogP contribution >= 0.6 is 0 Å². The Hall–Kier alpha value is -0.0800. The molecule has 158 valence electrons. The topological polar surface area (TPSA) is 20.2 Å². The van der Waals surface area contributed by atoms with Crippen LogP contribution in [0.15, 0.2) is 0 Å². The second-order valence-electron chi connectivity index (χ2n) is 8.77. The lowest BCUT2D eigenvalue weighted by Gasteiger charge is -2.38. The summed E-state index contributed by atoms with van der Waals surface area (Å²) in [6.45, 7) is 9.00. The van der Waals surface area contributed by atoms with Crippen LogP contribution in [0.1, 0.15) is 130 Å². The van der Waals surface area contributed by atoms with E-state index < -0.39 is 0 Å². The molecule has 0 rings (SSSR count). The minimum absolute atomic E-state index is 0.177. The van der Waals surface area contributed by atoms with Gasteiger partial charge in [-0.3, -0.25) is 0 Å². The molecule has 0 aliphatic rings. The van der Waals surface area contributed by atoms with Crippen LogP contribution in [-0.2, 0) is 0 Å². The van der Waals surface area contributed by atoms with Gasteiger partial charge in [0.25, 0.3) is 0 Å². The third kappa shape index (κ3) is 14.0. The first-order valence-electron chi connectivity index (χ1n) is 12.1. The Labute approximate surface area is 166 Å². The lowest BCUT2D eigenvalue weighted by Crippen LogP contribution is -2.53. The number of aliphatic hydroxyl groups is 1. The van der Waals surface area contributed by atoms with Gasteiger partial charge < -0.3 is 9.59 Å². The van der Waals surface area contributed by atoms with E-state index in [1.165, 1.54) is 103 Å². The average molecular weight is 371 g/mol. The molecule has 0 spiro atoms. The van der Waals surface area contributed by atoms with Gasteiger partial charge in [0.05, 0.1) is 20.1 Å². The zero-order valence-electron chi connectivity index (χ0n) is 18.9. The number of quaternary nitrogens is 1. The molecule has 2 nitrogen and oxygen atoms in total. The van der Waals surface area contributed by atoms with Crippen LogP contribution in [-0.4, -0.2) is 36.0 Å². The van der Waals surface area contributed by atoms with Gasteiger partial charge in [-0.05, 0) is 25.7 Å². The predicted molar refractivity (Wildman–Crippen MR) is 117 cm³/mol. The highest BCUT2D eigenvalue weighted by Gasteiger charge is 2.28. The molecule has 1 atom stereocenters. The van der Waals surface area contributed by atoms with E-state index >= 15 is 0 Å². The molecular weight excluding hydrogens is 318 g/mol. The second kappa shape index (κ2) is 18.3. The summed E-state index contributed by atoms with van der Waals surface area (Å²) in [5.74, 6) is 0. The SMILES string of the molecule is CCCCCCCCCC[N+](C)(CCCCCCCCCC)C(O)CC. The maximum Gasteiger partial charge on any atom is 0.190 e. The quantitative estimate of drug-likeness (QED) is 0.134. The molecular formula is C24H52NO+. The third-order valence-corrected chi connectivity index (χ3v) is 6.13. The molecule has 0 heterocycles. The van der Waals surface area contributed by atoms with Crippen molar-refractivity contribution in [1.29, 1.82) is 0 Å². The van der Waals surface area contributed by atoms with E-state index in [1.807, 2.05) is 0 Å². The van der Waals surface area contributed by atoms with Gasteiger partial charge in [0.2, 0.25) is 0 Å². The van der Waals surface area contributed by atoms with E-state index in [0.29, 0.717) is 0 Å². The summed E-state index contributed by atoms with van der Waals surface area (Å²) >= 11 is 0. The summed E-state index contributed by atoms with van der Waals surface area (Å²) < 4.78 is 0.877. The monoisotopic (exact) mass is 370 g/mol. The number of nitrogens with zero attached hydrogens (tertiary/aromatic N) is 1. The fourth-order valence-corrected chi connectivity index (χ4v) is 4.06. The first kappa shape index (κ1) is 25.9. The highest BCUT2D eigenvalue weighted by Crippen LogP contribution is 2.18. The molecule has 1 N–H and O–H groups in total. The van der Waals surface area contributed by atoms with E-state index in [4.69, 9.17) is 0 Å². The van der Waals surface area contributed by atoms with Gasteiger partial charge in [-0.15, -0.1) is 0 Å². The smallest absolute Gasteiger partial charge is 0.190 e. The Morgan fingerprint density at radius 2 is 0.846 bits per heavy atom. The van der Waals surface area contributed by atoms with E-state index in [9.17, 15) is 5.11 Å². The molecule has 0 aromatic heterocycles. The van der Waals surface area contributed by atoms with Crippen LogP contribution in [0, 0.1) is 0 Å². The zero-order chi connectivity index (χ0) is 19.5. The van der Waals surface area contributed by atoms with E-state index in [-0.39, 0.29) is 6.23 Å². The number of hydrogen-bond acceptors (Lipinski definition) is 1. The van der Waals surface area contributed by atoms with Crippen molar-refractivity contribution in [1.82, 2.24) is 0 Å². The van der Waals surface area contributed by atoms with Gasteiger partial charge in [0.15, 0.2) is 6.23 Å². The van der Waals surface area contributed by atoms with Crippen LogP contribution in [0.25, 0.3) is 0 Å². The van der Waals surface area contributed by atoms with Crippen molar-refractivity contribution in [3.05, 3.63) is 0 Å². The minimum Gasteiger partial charge on any atom is -0.345 e. The Morgan fingerprint density at radius 3 is 1.15 bits per heavy atom. The summed E-state index contributed by atoms with van der Waals surface area (Å²) in [5, 5.41) is 10.5. The molecule has 0 aromatic carbocycles. The average Bonchev–Trinajstić information content (AvgIpc) is 2.65. The summed E-state index contributed by atoms with van der Waals surface area (Å²) in [5.41, 5.74) is 0. The summed E-state index contributed by atoms with van der Waals surface area (Å²) in [6, 6.07) is 0. The van der Waals surface area contributed by atoms with Gasteiger partial charge in [0.1, 0.15) is 0 Å². The van der Waals surface area contributed by atoms with Crippen molar-refractivity contribution in [2.75, 3.05) is 20.1 Å². The molecule has 0 aromatic rings. The van der Waals surface area contributed by atoms with Crippen LogP contribution in [0.5, 0.6) is 0 Å². The van der Waals surface area contributed by atoms with E-state index in [2.05, 4.69) is 27.8 Å². The number of rotatable bonds is 20. The number of unbranched alkanes of at least 4 members (excludes halogenated alkanes) is 14. The largest absolute Gasteiger partial charge is 0.345 e. The summed E-state index contributed by atoms with van der Waals surface area (Å²) in [4.78, 5) is 0. The van der Waals surface area contributed by atoms with Crippen molar-refractivity contribution >= 4 is 0 Å². The van der Waals surface area contributed by atoms with Gasteiger partial charge in [0, 0.05) is 6.42 Å². The van der Waals surface area contributed by atoms with Crippen molar-refractivity contribution in [3.63, 3.8) is 0 Å². The molecule has 0 radical (unpaired) electrons. The van der Waals surface area contributed by atoms with Crippen molar-refractivity contribution in [2.45, 2.75) is 136 Å². The molecule has 1 unspecified atom stereocenters. The molecule has 0 saturated heterocycles. The van der Waals surface area contributed by atoms with Gasteiger partial charge in [-0.1, -0.05) is 97.8 Å². The van der Waals surface area contributed by atoms with Gasteiger partial charge in [-0.25, -0.2) is 0 Å². The van der Waals surface area contributed by atoms with Gasteiger partial charge in [-0.2, -0.15) is 0 Å². The van der Waals surface area contributed by atoms with Gasteiger partial charge >= 0.3 is 0 Å². The van der Waals surface area contributed by atoms with Crippen LogP contribution in [0.2, 0.25) is 0 Å². The Morgan fingerprint density at radius 1 is 0.538 bits per heavy atom. The van der Waals surface area contributed by atoms with Crippen LogP contribution in [0.4, 0.5) is 0 Å². The van der Waals surface area contributed by atoms with Crippen LogP contribution < -0.4 is 0 Å². The Balaban J connectivity index is 3.86. The fraction of sp³-hybridized carbons (Fsp3) is 1.00.